The molecule has 1 heterocycles. The normalized spacial score (nSPS) is 10.8. The summed E-state index contributed by atoms with van der Waals surface area (Å²) in [6.07, 6.45) is 0. The molecule has 3 rings (SSSR count). The number of nitrogens with zero attached hydrogens (tertiary/aromatic N) is 4. The van der Waals surface area contributed by atoms with Gasteiger partial charge in [0.1, 0.15) is 5.82 Å². The number of fused-ring (bicyclic) bond motifs is 1. The minimum absolute atomic E-state index is 0.0390. The lowest BCUT2D eigenvalue weighted by molar-refractivity contribution is -0.383. The average molecular weight is 330 g/mol. The van der Waals surface area contributed by atoms with Gasteiger partial charge in [0.2, 0.25) is 11.4 Å². The van der Waals surface area contributed by atoms with Crippen LogP contribution in [0.2, 0.25) is 0 Å². The molecule has 0 N–H and O–H groups in total. The Morgan fingerprint density at radius 2 is 1.88 bits per heavy atom. The number of rotatable bonds is 4. The van der Waals surface area contributed by atoms with Crippen LogP contribution >= 0.6 is 0 Å². The van der Waals surface area contributed by atoms with Gasteiger partial charge in [0.25, 0.3) is 0 Å². The molecule has 0 saturated carbocycles. The van der Waals surface area contributed by atoms with Gasteiger partial charge in [0, 0.05) is 13.0 Å². The van der Waals surface area contributed by atoms with Crippen molar-refractivity contribution in [3.8, 4) is 0 Å². The maximum absolute atomic E-state index is 13.0. The lowest BCUT2D eigenvalue weighted by Gasteiger charge is -2.21. The van der Waals surface area contributed by atoms with E-state index in [9.17, 15) is 19.3 Å². The topological polar surface area (TPSA) is 102 Å². The fourth-order valence-electron chi connectivity index (χ4n) is 2.34. The number of non-ortho nitro benzene ring substituents is 1. The van der Waals surface area contributed by atoms with E-state index in [4.69, 9.17) is 0 Å². The minimum atomic E-state index is -0.603. The summed E-state index contributed by atoms with van der Waals surface area (Å²) in [6, 6.07) is 8.33. The Kier molecular flexibility index (Phi) is 3.90. The maximum atomic E-state index is 13.0. The van der Waals surface area contributed by atoms with Crippen molar-refractivity contribution in [3.05, 3.63) is 57.9 Å². The summed E-state index contributed by atoms with van der Waals surface area (Å²) in [4.78, 5) is 23.8. The summed E-state index contributed by atoms with van der Waals surface area (Å²) in [5.41, 5.74) is 0.827. The highest BCUT2D eigenvalue weighted by Gasteiger charge is 2.24. The van der Waals surface area contributed by atoms with Crippen LogP contribution in [0.3, 0.4) is 0 Å². The SMILES string of the molecule is CC(=O)N(Cc1ccc(F)cc1)c1ccc([N+](=O)[O-])c2nonc12. The van der Waals surface area contributed by atoms with Crippen molar-refractivity contribution in [2.75, 3.05) is 4.90 Å². The maximum Gasteiger partial charge on any atom is 0.300 e. The number of nitro groups is 1. The van der Waals surface area contributed by atoms with Gasteiger partial charge in [0.05, 0.1) is 17.2 Å². The van der Waals surface area contributed by atoms with Gasteiger partial charge >= 0.3 is 5.69 Å². The van der Waals surface area contributed by atoms with Crippen LogP contribution in [-0.2, 0) is 11.3 Å². The number of hydrogen-bond acceptors (Lipinski definition) is 6. The van der Waals surface area contributed by atoms with E-state index in [0.717, 1.165) is 0 Å². The van der Waals surface area contributed by atoms with Gasteiger partial charge in [-0.15, -0.1) is 0 Å². The molecule has 0 aliphatic rings. The fraction of sp³-hybridized carbons (Fsp3) is 0.133. The fourth-order valence-corrected chi connectivity index (χ4v) is 2.34. The van der Waals surface area contributed by atoms with Gasteiger partial charge in [-0.25, -0.2) is 9.02 Å². The third kappa shape index (κ3) is 2.78. The average Bonchev–Trinajstić information content (AvgIpc) is 3.02. The van der Waals surface area contributed by atoms with Crippen LogP contribution in [0.4, 0.5) is 15.8 Å². The quantitative estimate of drug-likeness (QED) is 0.538. The summed E-state index contributed by atoms with van der Waals surface area (Å²) < 4.78 is 17.6. The van der Waals surface area contributed by atoms with Crippen LogP contribution < -0.4 is 4.90 Å². The Hall–Kier alpha value is -3.36. The number of benzene rings is 2. The van der Waals surface area contributed by atoms with Gasteiger partial charge < -0.3 is 4.90 Å². The standard InChI is InChI=1S/C15H11FN4O4/c1-9(21)19(8-10-2-4-11(16)5-3-10)12-6-7-13(20(22)23)15-14(12)17-24-18-15/h2-7H,8H2,1H3. The van der Waals surface area contributed by atoms with Gasteiger partial charge in [-0.1, -0.05) is 12.1 Å². The molecule has 8 nitrogen and oxygen atoms in total. The van der Waals surface area contributed by atoms with Crippen molar-refractivity contribution < 1.29 is 18.7 Å². The van der Waals surface area contributed by atoms with E-state index in [-0.39, 0.29) is 35.0 Å². The summed E-state index contributed by atoms with van der Waals surface area (Å²) in [6.45, 7) is 1.50. The zero-order chi connectivity index (χ0) is 17.3. The largest absolute Gasteiger partial charge is 0.306 e. The Morgan fingerprint density at radius 1 is 1.21 bits per heavy atom. The first-order valence-electron chi connectivity index (χ1n) is 6.89. The number of anilines is 1. The number of halogens is 1. The third-order valence-corrected chi connectivity index (χ3v) is 3.49. The molecule has 1 aromatic heterocycles. The van der Waals surface area contributed by atoms with Crippen molar-refractivity contribution in [2.24, 2.45) is 0 Å². The van der Waals surface area contributed by atoms with Crippen LogP contribution in [0.1, 0.15) is 12.5 Å². The van der Waals surface area contributed by atoms with E-state index in [1.165, 1.54) is 36.1 Å². The first kappa shape index (κ1) is 15.5. The summed E-state index contributed by atoms with van der Waals surface area (Å²) >= 11 is 0. The zero-order valence-electron chi connectivity index (χ0n) is 12.5. The molecule has 0 fully saturated rings. The van der Waals surface area contributed by atoms with E-state index < -0.39 is 4.92 Å². The lowest BCUT2D eigenvalue weighted by Crippen LogP contribution is -2.28. The summed E-state index contributed by atoms with van der Waals surface area (Å²) in [7, 11) is 0. The van der Waals surface area contributed by atoms with E-state index in [0.29, 0.717) is 11.3 Å². The smallest absolute Gasteiger partial charge is 0.300 e. The van der Waals surface area contributed by atoms with Gasteiger partial charge in [0.15, 0.2) is 5.52 Å². The van der Waals surface area contributed by atoms with Crippen molar-refractivity contribution in [1.29, 1.82) is 0 Å². The van der Waals surface area contributed by atoms with Crippen molar-refractivity contribution >= 4 is 28.3 Å². The number of aromatic nitrogens is 2. The molecular weight excluding hydrogens is 319 g/mol. The van der Waals surface area contributed by atoms with Crippen molar-refractivity contribution in [2.45, 2.75) is 13.5 Å². The Labute approximate surface area is 134 Å². The first-order chi connectivity index (χ1) is 11.5. The van der Waals surface area contributed by atoms with E-state index in [2.05, 4.69) is 14.9 Å². The lowest BCUT2D eigenvalue weighted by atomic mass is 10.1. The highest BCUT2D eigenvalue weighted by Crippen LogP contribution is 2.32. The molecule has 0 unspecified atom stereocenters. The molecule has 0 bridgehead atoms. The second-order valence-corrected chi connectivity index (χ2v) is 5.05. The monoisotopic (exact) mass is 330 g/mol. The van der Waals surface area contributed by atoms with Crippen molar-refractivity contribution in [1.82, 2.24) is 10.3 Å². The van der Waals surface area contributed by atoms with E-state index in [1.807, 2.05) is 0 Å². The number of amides is 1. The van der Waals surface area contributed by atoms with Crippen LogP contribution in [0.15, 0.2) is 41.0 Å². The Morgan fingerprint density at radius 3 is 2.50 bits per heavy atom. The Bertz CT molecular complexity index is 923. The molecular formula is C15H11FN4O4. The van der Waals surface area contributed by atoms with E-state index in [1.54, 1.807) is 12.1 Å². The summed E-state index contributed by atoms with van der Waals surface area (Å²) in [5.74, 6) is -0.691. The molecule has 0 radical (unpaired) electrons. The predicted molar refractivity (Wildman–Crippen MR) is 81.7 cm³/mol. The third-order valence-electron chi connectivity index (χ3n) is 3.49. The van der Waals surface area contributed by atoms with Crippen LogP contribution in [0.25, 0.3) is 11.0 Å². The van der Waals surface area contributed by atoms with Gasteiger partial charge in [-0.2, -0.15) is 0 Å². The van der Waals surface area contributed by atoms with E-state index >= 15 is 0 Å². The second kappa shape index (κ2) is 6.03. The summed E-state index contributed by atoms with van der Waals surface area (Å²) in [5, 5.41) is 18.3. The number of carbonyl (C=O) groups excluding carboxylic acids is 1. The highest BCUT2D eigenvalue weighted by molar-refractivity contribution is 6.02. The number of hydrogen-bond donors (Lipinski definition) is 0. The molecule has 0 aliphatic heterocycles. The van der Waals surface area contributed by atoms with Crippen LogP contribution in [0.5, 0.6) is 0 Å². The highest BCUT2D eigenvalue weighted by atomic mass is 19.1. The number of carbonyl (C=O) groups is 1. The van der Waals surface area contributed by atoms with Gasteiger partial charge in [-0.3, -0.25) is 14.9 Å². The second-order valence-electron chi connectivity index (χ2n) is 5.05. The minimum Gasteiger partial charge on any atom is -0.306 e. The molecule has 0 aliphatic carbocycles. The van der Waals surface area contributed by atoms with Crippen LogP contribution in [-0.4, -0.2) is 21.1 Å². The molecule has 2 aromatic carbocycles. The molecule has 0 saturated heterocycles. The van der Waals surface area contributed by atoms with Crippen LogP contribution in [0, 0.1) is 15.9 Å². The molecule has 24 heavy (non-hydrogen) atoms. The molecule has 0 spiro atoms. The molecule has 1 amide bonds. The molecule has 3 aromatic rings. The first-order valence-corrected chi connectivity index (χ1v) is 6.89. The zero-order valence-corrected chi connectivity index (χ0v) is 12.5. The predicted octanol–water partition coefficient (Wildman–Crippen LogP) is 2.82. The Balaban J connectivity index is 2.06. The molecule has 0 atom stereocenters. The van der Waals surface area contributed by atoms with Crippen molar-refractivity contribution in [3.63, 3.8) is 0 Å². The molecule has 9 heteroatoms. The molecule has 122 valence electrons. The number of nitro benzene ring substituents is 1. The van der Waals surface area contributed by atoms with Gasteiger partial charge in [-0.05, 0) is 34.1 Å².